The second-order valence-corrected chi connectivity index (χ2v) is 9.25. The molecule has 8 heteroatoms. The Hall–Kier alpha value is -2.97. The minimum atomic E-state index is -0.435. The maximum atomic E-state index is 12.2. The number of urea groups is 1. The average molecular weight is 465 g/mol. The Bertz CT molecular complexity index is 902. The lowest BCUT2D eigenvalue weighted by molar-refractivity contribution is -0.120. The van der Waals surface area contributed by atoms with Crippen LogP contribution in [0.25, 0.3) is 0 Å². The number of likely N-dealkylation sites (tertiary alicyclic amines) is 1. The third-order valence-corrected chi connectivity index (χ3v) is 6.67. The Kier molecular flexibility index (Phi) is 8.87. The molecule has 0 radical (unpaired) electrons. The molecule has 2 aliphatic rings. The van der Waals surface area contributed by atoms with Gasteiger partial charge in [-0.15, -0.1) is 0 Å². The number of aromatic nitrogens is 1. The first-order chi connectivity index (χ1) is 16.7. The van der Waals surface area contributed by atoms with Crippen molar-refractivity contribution in [1.82, 2.24) is 25.4 Å². The maximum Gasteiger partial charge on any atom is 0.321 e. The molecule has 0 spiro atoms. The van der Waals surface area contributed by atoms with Gasteiger partial charge in [-0.05, 0) is 43.0 Å². The molecule has 2 aliphatic heterocycles. The quantitative estimate of drug-likeness (QED) is 0.624. The van der Waals surface area contributed by atoms with Crippen molar-refractivity contribution >= 4 is 17.8 Å². The highest BCUT2D eigenvalue weighted by Crippen LogP contribution is 2.20. The minimum Gasteiger partial charge on any atom is -0.354 e. The molecule has 1 atom stereocenters. The van der Waals surface area contributed by atoms with E-state index >= 15 is 0 Å². The molecule has 182 valence electrons. The number of hydrogen-bond donors (Lipinski definition) is 2. The van der Waals surface area contributed by atoms with E-state index in [9.17, 15) is 9.59 Å². The zero-order chi connectivity index (χ0) is 23.6. The van der Waals surface area contributed by atoms with E-state index in [1.807, 2.05) is 48.7 Å². The molecule has 1 unspecified atom stereocenters. The van der Waals surface area contributed by atoms with Crippen LogP contribution in [-0.2, 0) is 11.3 Å². The molecule has 3 heterocycles. The largest absolute Gasteiger partial charge is 0.354 e. The number of nitrogens with one attached hydrogen (secondary N) is 2. The van der Waals surface area contributed by atoms with Crippen molar-refractivity contribution in [2.24, 2.45) is 5.92 Å². The lowest BCUT2D eigenvalue weighted by Gasteiger charge is -2.39. The van der Waals surface area contributed by atoms with Gasteiger partial charge in [0.15, 0.2) is 0 Å². The SMILES string of the molecule is O=C(CCN1CCCC(CN2CCN(c3ccccn3)CC2)C1)NC(=O)NCc1ccccc1. The van der Waals surface area contributed by atoms with Gasteiger partial charge in [-0.3, -0.25) is 15.0 Å². The van der Waals surface area contributed by atoms with Crippen LogP contribution < -0.4 is 15.5 Å². The predicted molar refractivity (Wildman–Crippen MR) is 133 cm³/mol. The summed E-state index contributed by atoms with van der Waals surface area (Å²) < 4.78 is 0. The first kappa shape index (κ1) is 24.2. The number of pyridine rings is 1. The second-order valence-electron chi connectivity index (χ2n) is 9.25. The van der Waals surface area contributed by atoms with Gasteiger partial charge in [0.2, 0.25) is 5.91 Å². The lowest BCUT2D eigenvalue weighted by atomic mass is 9.97. The van der Waals surface area contributed by atoms with Crippen molar-refractivity contribution in [3.05, 3.63) is 60.3 Å². The van der Waals surface area contributed by atoms with Crippen LogP contribution in [-0.4, -0.2) is 79.1 Å². The summed E-state index contributed by atoms with van der Waals surface area (Å²) in [5.41, 5.74) is 1.00. The summed E-state index contributed by atoms with van der Waals surface area (Å²) in [5.74, 6) is 1.48. The predicted octanol–water partition coefficient (Wildman–Crippen LogP) is 2.33. The number of carbonyl (C=O) groups is 2. The van der Waals surface area contributed by atoms with Crippen molar-refractivity contribution in [2.75, 3.05) is 57.3 Å². The molecule has 8 nitrogen and oxygen atoms in total. The number of benzene rings is 1. The first-order valence-electron chi connectivity index (χ1n) is 12.4. The van der Waals surface area contributed by atoms with Crippen molar-refractivity contribution < 1.29 is 9.59 Å². The Morgan fingerprint density at radius 2 is 1.74 bits per heavy atom. The van der Waals surface area contributed by atoms with Crippen LogP contribution in [0.15, 0.2) is 54.7 Å². The summed E-state index contributed by atoms with van der Waals surface area (Å²) in [6, 6.07) is 15.3. The third-order valence-electron chi connectivity index (χ3n) is 6.67. The molecule has 0 aliphatic carbocycles. The van der Waals surface area contributed by atoms with Crippen LogP contribution in [0, 0.1) is 5.92 Å². The van der Waals surface area contributed by atoms with Gasteiger partial charge >= 0.3 is 6.03 Å². The maximum absolute atomic E-state index is 12.2. The summed E-state index contributed by atoms with van der Waals surface area (Å²) in [6.07, 6.45) is 4.60. The van der Waals surface area contributed by atoms with Gasteiger partial charge in [0.1, 0.15) is 5.82 Å². The van der Waals surface area contributed by atoms with E-state index in [1.165, 1.54) is 6.42 Å². The van der Waals surface area contributed by atoms with E-state index in [1.54, 1.807) is 0 Å². The standard InChI is InChI=1S/C26H36N6O2/c33-25(29-26(34)28-19-22-7-2-1-3-8-22)11-14-30-13-6-9-23(20-30)21-31-15-17-32(18-16-31)24-10-4-5-12-27-24/h1-5,7-8,10,12,23H,6,9,11,13-21H2,(H2,28,29,33,34). The molecule has 0 saturated carbocycles. The fourth-order valence-electron chi connectivity index (χ4n) is 4.84. The number of hydrogen-bond acceptors (Lipinski definition) is 6. The monoisotopic (exact) mass is 464 g/mol. The molecule has 0 bridgehead atoms. The molecule has 1 aromatic heterocycles. The lowest BCUT2D eigenvalue weighted by Crippen LogP contribution is -2.50. The zero-order valence-corrected chi connectivity index (χ0v) is 19.9. The van der Waals surface area contributed by atoms with Gasteiger partial charge in [0, 0.05) is 65.0 Å². The number of imide groups is 1. The van der Waals surface area contributed by atoms with Gasteiger partial charge in [0.25, 0.3) is 0 Å². The summed E-state index contributed by atoms with van der Waals surface area (Å²) in [5, 5.41) is 5.19. The number of nitrogens with zero attached hydrogens (tertiary/aromatic N) is 4. The van der Waals surface area contributed by atoms with E-state index in [4.69, 9.17) is 0 Å². The number of rotatable bonds is 8. The van der Waals surface area contributed by atoms with Crippen molar-refractivity contribution in [2.45, 2.75) is 25.8 Å². The van der Waals surface area contributed by atoms with Crippen molar-refractivity contribution in [3.63, 3.8) is 0 Å². The summed E-state index contributed by atoms with van der Waals surface area (Å²) in [4.78, 5) is 36.0. The second kappa shape index (κ2) is 12.5. The summed E-state index contributed by atoms with van der Waals surface area (Å²) in [6.45, 7) is 8.42. The first-order valence-corrected chi connectivity index (χ1v) is 12.4. The zero-order valence-electron chi connectivity index (χ0n) is 19.9. The Labute approximate surface area is 202 Å². The van der Waals surface area contributed by atoms with E-state index < -0.39 is 6.03 Å². The normalized spacial score (nSPS) is 19.5. The van der Waals surface area contributed by atoms with Crippen LogP contribution >= 0.6 is 0 Å². The third kappa shape index (κ3) is 7.53. The molecule has 1 aromatic carbocycles. The Morgan fingerprint density at radius 3 is 2.50 bits per heavy atom. The molecule has 3 amide bonds. The van der Waals surface area contributed by atoms with Crippen LogP contribution in [0.2, 0.25) is 0 Å². The fraction of sp³-hybridized carbons (Fsp3) is 0.500. The van der Waals surface area contributed by atoms with Crippen LogP contribution in [0.3, 0.4) is 0 Å². The summed E-state index contributed by atoms with van der Waals surface area (Å²) >= 11 is 0. The van der Waals surface area contributed by atoms with Crippen LogP contribution in [0.4, 0.5) is 10.6 Å². The number of anilines is 1. The van der Waals surface area contributed by atoms with Crippen molar-refractivity contribution in [1.29, 1.82) is 0 Å². The minimum absolute atomic E-state index is 0.224. The highest BCUT2D eigenvalue weighted by Gasteiger charge is 2.25. The molecule has 2 fully saturated rings. The van der Waals surface area contributed by atoms with E-state index in [0.29, 0.717) is 25.4 Å². The number of amides is 3. The van der Waals surface area contributed by atoms with E-state index in [2.05, 4.69) is 36.4 Å². The Balaban J connectivity index is 1.12. The molecule has 2 saturated heterocycles. The Morgan fingerprint density at radius 1 is 0.941 bits per heavy atom. The average Bonchev–Trinajstić information content (AvgIpc) is 2.88. The highest BCUT2D eigenvalue weighted by atomic mass is 16.2. The van der Waals surface area contributed by atoms with E-state index in [-0.39, 0.29) is 5.91 Å². The molecule has 4 rings (SSSR count). The summed E-state index contributed by atoms with van der Waals surface area (Å²) in [7, 11) is 0. The van der Waals surface area contributed by atoms with Gasteiger partial charge < -0.3 is 15.1 Å². The smallest absolute Gasteiger partial charge is 0.321 e. The molecule has 34 heavy (non-hydrogen) atoms. The van der Waals surface area contributed by atoms with Gasteiger partial charge in [-0.2, -0.15) is 0 Å². The van der Waals surface area contributed by atoms with Gasteiger partial charge in [0.05, 0.1) is 0 Å². The number of piperazine rings is 1. The van der Waals surface area contributed by atoms with Gasteiger partial charge in [-0.25, -0.2) is 9.78 Å². The molecular formula is C26H36N6O2. The van der Waals surface area contributed by atoms with Crippen LogP contribution in [0.1, 0.15) is 24.8 Å². The van der Waals surface area contributed by atoms with Crippen molar-refractivity contribution in [3.8, 4) is 0 Å². The van der Waals surface area contributed by atoms with Crippen LogP contribution in [0.5, 0.6) is 0 Å². The fourth-order valence-corrected chi connectivity index (χ4v) is 4.84. The molecular weight excluding hydrogens is 428 g/mol. The van der Waals surface area contributed by atoms with E-state index in [0.717, 1.165) is 63.6 Å². The highest BCUT2D eigenvalue weighted by molar-refractivity contribution is 5.94. The number of piperidine rings is 1. The topological polar surface area (TPSA) is 80.8 Å². The number of carbonyl (C=O) groups excluding carboxylic acids is 2. The molecule has 2 N–H and O–H groups in total. The van der Waals surface area contributed by atoms with Gasteiger partial charge in [-0.1, -0.05) is 36.4 Å². The molecule has 2 aromatic rings.